The van der Waals surface area contributed by atoms with Crippen molar-refractivity contribution in [3.8, 4) is 0 Å². The van der Waals surface area contributed by atoms with Gasteiger partial charge < -0.3 is 4.52 Å². The summed E-state index contributed by atoms with van der Waals surface area (Å²) in [6, 6.07) is 3.76. The van der Waals surface area contributed by atoms with Crippen LogP contribution in [-0.4, -0.2) is 46.1 Å². The lowest BCUT2D eigenvalue weighted by Gasteiger charge is -2.39. The topological polar surface area (TPSA) is 45.4 Å². The average molecular weight is 336 g/mol. The molecule has 1 aromatic carbocycles. The van der Waals surface area contributed by atoms with Gasteiger partial charge >= 0.3 is 0 Å². The van der Waals surface area contributed by atoms with Crippen LogP contribution in [0.15, 0.2) is 22.7 Å². The number of aromatic nitrogens is 2. The van der Waals surface area contributed by atoms with Gasteiger partial charge in [0.1, 0.15) is 11.6 Å². The Morgan fingerprint density at radius 3 is 2.04 bits per heavy atom. The van der Waals surface area contributed by atoms with Crippen LogP contribution in [0.2, 0.25) is 0 Å². The van der Waals surface area contributed by atoms with Gasteiger partial charge in [0, 0.05) is 37.8 Å². The van der Waals surface area contributed by atoms with Crippen molar-refractivity contribution in [3.05, 3.63) is 47.1 Å². The molecular weight excluding hydrogens is 314 g/mol. The van der Waals surface area contributed by atoms with Gasteiger partial charge in [0.05, 0.1) is 6.04 Å². The minimum Gasteiger partial charge on any atom is -0.338 e. The SMILES string of the molecule is Cc1noc([C@H](C)N2CCN([C@H](C)c3c(F)cccc3F)CC2)n1. The quantitative estimate of drug-likeness (QED) is 0.858. The molecule has 2 aromatic rings. The lowest BCUT2D eigenvalue weighted by molar-refractivity contribution is 0.0659. The molecule has 0 N–H and O–H groups in total. The van der Waals surface area contributed by atoms with Crippen LogP contribution < -0.4 is 0 Å². The van der Waals surface area contributed by atoms with Gasteiger partial charge in [-0.25, -0.2) is 8.78 Å². The van der Waals surface area contributed by atoms with E-state index < -0.39 is 11.6 Å². The lowest BCUT2D eigenvalue weighted by Crippen LogP contribution is -2.48. The molecule has 1 aliphatic rings. The zero-order valence-electron chi connectivity index (χ0n) is 14.2. The Bertz CT molecular complexity index is 677. The molecule has 0 radical (unpaired) electrons. The molecule has 0 saturated carbocycles. The third-order valence-electron chi connectivity index (χ3n) is 4.76. The highest BCUT2D eigenvalue weighted by Crippen LogP contribution is 2.28. The molecule has 1 saturated heterocycles. The summed E-state index contributed by atoms with van der Waals surface area (Å²) in [6.07, 6.45) is 0. The van der Waals surface area contributed by atoms with E-state index in [4.69, 9.17) is 4.52 Å². The summed E-state index contributed by atoms with van der Waals surface area (Å²) in [4.78, 5) is 8.62. The van der Waals surface area contributed by atoms with Crippen molar-refractivity contribution in [2.45, 2.75) is 32.9 Å². The van der Waals surface area contributed by atoms with Crippen molar-refractivity contribution in [2.75, 3.05) is 26.2 Å². The minimum atomic E-state index is -0.486. The number of nitrogens with zero attached hydrogens (tertiary/aromatic N) is 4. The number of rotatable bonds is 4. The Kier molecular flexibility index (Phi) is 4.91. The van der Waals surface area contributed by atoms with Crippen molar-refractivity contribution in [3.63, 3.8) is 0 Å². The van der Waals surface area contributed by atoms with Crippen LogP contribution >= 0.6 is 0 Å². The van der Waals surface area contributed by atoms with Crippen LogP contribution in [0.5, 0.6) is 0 Å². The Morgan fingerprint density at radius 2 is 1.54 bits per heavy atom. The summed E-state index contributed by atoms with van der Waals surface area (Å²) in [5.74, 6) is 0.257. The van der Waals surface area contributed by atoms with Crippen LogP contribution in [0.3, 0.4) is 0 Å². The molecule has 3 rings (SSSR count). The van der Waals surface area contributed by atoms with E-state index in [2.05, 4.69) is 19.9 Å². The number of halogens is 2. The smallest absolute Gasteiger partial charge is 0.243 e. The van der Waals surface area contributed by atoms with Gasteiger partial charge in [-0.2, -0.15) is 4.98 Å². The minimum absolute atomic E-state index is 0.0360. The third kappa shape index (κ3) is 3.32. The van der Waals surface area contributed by atoms with Gasteiger partial charge in [0.2, 0.25) is 5.89 Å². The zero-order chi connectivity index (χ0) is 17.3. The maximum absolute atomic E-state index is 14.0. The van der Waals surface area contributed by atoms with Crippen LogP contribution in [0, 0.1) is 18.6 Å². The normalized spacial score (nSPS) is 19.4. The number of hydrogen-bond donors (Lipinski definition) is 0. The van der Waals surface area contributed by atoms with Crippen molar-refractivity contribution >= 4 is 0 Å². The summed E-state index contributed by atoms with van der Waals surface area (Å²) in [7, 11) is 0. The van der Waals surface area contributed by atoms with Gasteiger partial charge in [0.15, 0.2) is 5.82 Å². The predicted octanol–water partition coefficient (Wildman–Crippen LogP) is 3.10. The fourth-order valence-electron chi connectivity index (χ4n) is 3.24. The first-order chi connectivity index (χ1) is 11.5. The Balaban J connectivity index is 1.64. The first-order valence-corrected chi connectivity index (χ1v) is 8.19. The van der Waals surface area contributed by atoms with Crippen molar-refractivity contribution in [1.29, 1.82) is 0 Å². The maximum atomic E-state index is 14.0. The second-order valence-corrected chi connectivity index (χ2v) is 6.24. The van der Waals surface area contributed by atoms with Crippen LogP contribution in [0.25, 0.3) is 0 Å². The molecular formula is C17H22F2N4O. The Hall–Kier alpha value is -1.86. The number of aryl methyl sites for hydroxylation is 1. The number of hydrogen-bond acceptors (Lipinski definition) is 5. The number of benzene rings is 1. The zero-order valence-corrected chi connectivity index (χ0v) is 14.2. The van der Waals surface area contributed by atoms with Crippen LogP contribution in [-0.2, 0) is 0 Å². The molecule has 0 unspecified atom stereocenters. The molecule has 1 fully saturated rings. The molecule has 1 aromatic heterocycles. The van der Waals surface area contributed by atoms with E-state index in [9.17, 15) is 8.78 Å². The van der Waals surface area contributed by atoms with E-state index in [0.29, 0.717) is 11.7 Å². The van der Waals surface area contributed by atoms with Gasteiger partial charge in [-0.1, -0.05) is 11.2 Å². The molecule has 0 amide bonds. The largest absolute Gasteiger partial charge is 0.338 e. The molecule has 130 valence electrons. The Morgan fingerprint density at radius 1 is 1.00 bits per heavy atom. The van der Waals surface area contributed by atoms with Gasteiger partial charge in [-0.15, -0.1) is 0 Å². The van der Waals surface area contributed by atoms with Crippen molar-refractivity contribution < 1.29 is 13.3 Å². The molecule has 0 aliphatic carbocycles. The third-order valence-corrected chi connectivity index (χ3v) is 4.76. The van der Waals surface area contributed by atoms with Gasteiger partial charge in [-0.05, 0) is 32.9 Å². The van der Waals surface area contributed by atoms with Crippen molar-refractivity contribution in [2.24, 2.45) is 0 Å². The second kappa shape index (κ2) is 6.94. The second-order valence-electron chi connectivity index (χ2n) is 6.24. The number of piperazine rings is 1. The fourth-order valence-corrected chi connectivity index (χ4v) is 3.24. The van der Waals surface area contributed by atoms with E-state index in [1.165, 1.54) is 18.2 Å². The highest BCUT2D eigenvalue weighted by Gasteiger charge is 2.29. The molecule has 7 heteroatoms. The summed E-state index contributed by atoms with van der Waals surface area (Å²) < 4.78 is 33.2. The summed E-state index contributed by atoms with van der Waals surface area (Å²) in [6.45, 7) is 8.69. The Labute approximate surface area is 140 Å². The first-order valence-electron chi connectivity index (χ1n) is 8.19. The predicted molar refractivity (Wildman–Crippen MR) is 85.4 cm³/mol. The molecule has 2 heterocycles. The first kappa shape index (κ1) is 17.0. The van der Waals surface area contributed by atoms with E-state index in [1.807, 2.05) is 13.8 Å². The standard InChI is InChI=1S/C17H22F2N4O/c1-11(16-14(18)5-4-6-15(16)19)22-7-9-23(10-8-22)12(2)17-20-13(3)21-24-17/h4-6,11-12H,7-10H2,1-3H3/t11-,12+/m1/s1. The molecule has 1 aliphatic heterocycles. The van der Waals surface area contributed by atoms with E-state index in [1.54, 1.807) is 6.92 Å². The molecule has 24 heavy (non-hydrogen) atoms. The monoisotopic (exact) mass is 336 g/mol. The van der Waals surface area contributed by atoms with Gasteiger partial charge in [-0.3, -0.25) is 9.80 Å². The maximum Gasteiger partial charge on any atom is 0.243 e. The average Bonchev–Trinajstić information content (AvgIpc) is 3.00. The summed E-state index contributed by atoms with van der Waals surface area (Å²) >= 11 is 0. The van der Waals surface area contributed by atoms with Crippen LogP contribution in [0.1, 0.15) is 43.2 Å². The summed E-state index contributed by atoms with van der Waals surface area (Å²) in [5.41, 5.74) is 0.145. The lowest BCUT2D eigenvalue weighted by atomic mass is 10.0. The molecule has 0 spiro atoms. The van der Waals surface area contributed by atoms with Crippen LogP contribution in [0.4, 0.5) is 8.78 Å². The molecule has 2 atom stereocenters. The fraction of sp³-hybridized carbons (Fsp3) is 0.529. The van der Waals surface area contributed by atoms with Crippen molar-refractivity contribution in [1.82, 2.24) is 19.9 Å². The van der Waals surface area contributed by atoms with Gasteiger partial charge in [0.25, 0.3) is 0 Å². The molecule has 0 bridgehead atoms. The highest BCUT2D eigenvalue weighted by atomic mass is 19.1. The van der Waals surface area contributed by atoms with E-state index >= 15 is 0 Å². The highest BCUT2D eigenvalue weighted by molar-refractivity contribution is 5.23. The molecule has 5 nitrogen and oxygen atoms in total. The van der Waals surface area contributed by atoms with E-state index in [-0.39, 0.29) is 17.6 Å². The van der Waals surface area contributed by atoms with E-state index in [0.717, 1.165) is 26.2 Å². The summed E-state index contributed by atoms with van der Waals surface area (Å²) in [5, 5.41) is 3.83.